The fraction of sp³-hybridized carbons (Fsp3) is 0.778. The zero-order valence-corrected chi connectivity index (χ0v) is 8.60. The van der Waals surface area contributed by atoms with Crippen molar-refractivity contribution >= 4 is 0 Å². The smallest absolute Gasteiger partial charge is 0.335 e. The number of nitrogens with zero attached hydrogens (tertiary/aromatic N) is 3. The normalized spacial score (nSPS) is 27.6. The Labute approximate surface area is 83.5 Å². The monoisotopic (exact) mass is 196 g/mol. The SMILES string of the molecule is CC1CC(Oc2ncn(C)n2)CCN1. The first-order valence-corrected chi connectivity index (χ1v) is 4.99. The molecular weight excluding hydrogens is 180 g/mol. The van der Waals surface area contributed by atoms with Crippen LogP contribution < -0.4 is 10.1 Å². The Morgan fingerprint density at radius 1 is 1.64 bits per heavy atom. The van der Waals surface area contributed by atoms with Gasteiger partial charge in [0.2, 0.25) is 0 Å². The largest absolute Gasteiger partial charge is 0.459 e. The molecule has 2 rings (SSSR count). The predicted molar refractivity (Wildman–Crippen MR) is 52.1 cm³/mol. The summed E-state index contributed by atoms with van der Waals surface area (Å²) in [5, 5.41) is 7.47. The summed E-state index contributed by atoms with van der Waals surface area (Å²) in [5.74, 6) is 0. The molecule has 5 nitrogen and oxygen atoms in total. The summed E-state index contributed by atoms with van der Waals surface area (Å²) in [6.07, 6.45) is 3.97. The van der Waals surface area contributed by atoms with Crippen LogP contribution in [-0.4, -0.2) is 33.5 Å². The molecule has 1 aliphatic heterocycles. The van der Waals surface area contributed by atoms with E-state index in [9.17, 15) is 0 Å². The Kier molecular flexibility index (Phi) is 2.67. The van der Waals surface area contributed by atoms with E-state index in [1.807, 2.05) is 7.05 Å². The van der Waals surface area contributed by atoms with Crippen LogP contribution in [0.3, 0.4) is 0 Å². The number of aromatic nitrogens is 3. The van der Waals surface area contributed by atoms with Crippen molar-refractivity contribution in [2.24, 2.45) is 7.05 Å². The van der Waals surface area contributed by atoms with E-state index in [4.69, 9.17) is 4.74 Å². The molecule has 0 saturated carbocycles. The molecule has 1 aliphatic rings. The summed E-state index contributed by atoms with van der Waals surface area (Å²) in [6, 6.07) is 1.02. The van der Waals surface area contributed by atoms with Crippen molar-refractivity contribution in [2.45, 2.75) is 31.9 Å². The van der Waals surface area contributed by atoms with Gasteiger partial charge in [-0.15, -0.1) is 5.10 Å². The van der Waals surface area contributed by atoms with E-state index in [2.05, 4.69) is 22.3 Å². The minimum Gasteiger partial charge on any atom is -0.459 e. The van der Waals surface area contributed by atoms with E-state index in [1.165, 1.54) is 0 Å². The average molecular weight is 196 g/mol. The molecule has 0 amide bonds. The number of piperidine rings is 1. The van der Waals surface area contributed by atoms with Gasteiger partial charge in [-0.1, -0.05) is 0 Å². The van der Waals surface area contributed by atoms with Crippen LogP contribution in [0.2, 0.25) is 0 Å². The van der Waals surface area contributed by atoms with Gasteiger partial charge in [0.1, 0.15) is 12.4 Å². The molecule has 1 aromatic rings. The highest BCUT2D eigenvalue weighted by Gasteiger charge is 2.20. The maximum Gasteiger partial charge on any atom is 0.335 e. The van der Waals surface area contributed by atoms with Gasteiger partial charge in [-0.05, 0) is 26.3 Å². The first kappa shape index (κ1) is 9.45. The molecule has 14 heavy (non-hydrogen) atoms. The third-order valence-corrected chi connectivity index (χ3v) is 2.43. The van der Waals surface area contributed by atoms with Gasteiger partial charge in [0.25, 0.3) is 0 Å². The van der Waals surface area contributed by atoms with E-state index >= 15 is 0 Å². The molecule has 5 heteroatoms. The van der Waals surface area contributed by atoms with Gasteiger partial charge in [0.15, 0.2) is 0 Å². The fourth-order valence-electron chi connectivity index (χ4n) is 1.72. The van der Waals surface area contributed by atoms with E-state index < -0.39 is 0 Å². The van der Waals surface area contributed by atoms with Crippen LogP contribution >= 0.6 is 0 Å². The summed E-state index contributed by atoms with van der Waals surface area (Å²) in [6.45, 7) is 3.18. The summed E-state index contributed by atoms with van der Waals surface area (Å²) >= 11 is 0. The van der Waals surface area contributed by atoms with Gasteiger partial charge in [-0.3, -0.25) is 4.68 Å². The summed E-state index contributed by atoms with van der Waals surface area (Å²) in [7, 11) is 1.84. The summed E-state index contributed by atoms with van der Waals surface area (Å²) in [4.78, 5) is 4.04. The van der Waals surface area contributed by atoms with Crippen LogP contribution in [0.5, 0.6) is 6.01 Å². The highest BCUT2D eigenvalue weighted by molar-refractivity contribution is 4.90. The lowest BCUT2D eigenvalue weighted by molar-refractivity contribution is 0.132. The number of hydrogen-bond acceptors (Lipinski definition) is 4. The zero-order valence-electron chi connectivity index (χ0n) is 8.60. The Balaban J connectivity index is 1.90. The third kappa shape index (κ3) is 2.23. The molecule has 2 heterocycles. The van der Waals surface area contributed by atoms with E-state index in [1.54, 1.807) is 11.0 Å². The molecule has 2 atom stereocenters. The fourth-order valence-corrected chi connectivity index (χ4v) is 1.72. The van der Waals surface area contributed by atoms with E-state index in [0.29, 0.717) is 12.1 Å². The molecule has 0 spiro atoms. The Morgan fingerprint density at radius 3 is 3.14 bits per heavy atom. The topological polar surface area (TPSA) is 52.0 Å². The van der Waals surface area contributed by atoms with Crippen LogP contribution in [0, 0.1) is 0 Å². The van der Waals surface area contributed by atoms with Crippen molar-refractivity contribution in [3.05, 3.63) is 6.33 Å². The number of nitrogens with one attached hydrogen (secondary N) is 1. The highest BCUT2D eigenvalue weighted by atomic mass is 16.5. The lowest BCUT2D eigenvalue weighted by Crippen LogP contribution is -2.40. The first-order valence-electron chi connectivity index (χ1n) is 4.99. The van der Waals surface area contributed by atoms with Crippen LogP contribution in [0.1, 0.15) is 19.8 Å². The standard InChI is InChI=1S/C9H16N4O/c1-7-5-8(3-4-10-7)14-9-11-6-13(2)12-9/h6-8,10H,3-5H2,1-2H3. The molecule has 0 aliphatic carbocycles. The van der Waals surface area contributed by atoms with Crippen LogP contribution in [-0.2, 0) is 7.05 Å². The highest BCUT2D eigenvalue weighted by Crippen LogP contribution is 2.14. The summed E-state index contributed by atoms with van der Waals surface area (Å²) < 4.78 is 7.32. The van der Waals surface area contributed by atoms with Gasteiger partial charge < -0.3 is 10.1 Å². The summed E-state index contributed by atoms with van der Waals surface area (Å²) in [5.41, 5.74) is 0. The Hall–Kier alpha value is -1.10. The second-order valence-corrected chi connectivity index (χ2v) is 3.82. The van der Waals surface area contributed by atoms with Gasteiger partial charge in [-0.25, -0.2) is 0 Å². The molecule has 1 N–H and O–H groups in total. The lowest BCUT2D eigenvalue weighted by Gasteiger charge is -2.27. The average Bonchev–Trinajstić information content (AvgIpc) is 2.51. The van der Waals surface area contributed by atoms with Crippen molar-refractivity contribution in [1.82, 2.24) is 20.1 Å². The Bertz CT molecular complexity index is 299. The number of ether oxygens (including phenoxy) is 1. The van der Waals surface area contributed by atoms with Crippen molar-refractivity contribution in [2.75, 3.05) is 6.54 Å². The molecule has 1 aromatic heterocycles. The Morgan fingerprint density at radius 2 is 2.50 bits per heavy atom. The van der Waals surface area contributed by atoms with Gasteiger partial charge in [0.05, 0.1) is 0 Å². The van der Waals surface area contributed by atoms with E-state index in [0.717, 1.165) is 19.4 Å². The molecule has 1 fully saturated rings. The minimum atomic E-state index is 0.258. The molecule has 0 bridgehead atoms. The zero-order chi connectivity index (χ0) is 9.97. The van der Waals surface area contributed by atoms with Crippen LogP contribution in [0.15, 0.2) is 6.33 Å². The second kappa shape index (κ2) is 3.96. The molecule has 0 radical (unpaired) electrons. The maximum atomic E-state index is 5.66. The van der Waals surface area contributed by atoms with Gasteiger partial charge >= 0.3 is 6.01 Å². The molecule has 78 valence electrons. The van der Waals surface area contributed by atoms with Gasteiger partial charge in [0, 0.05) is 13.1 Å². The van der Waals surface area contributed by atoms with Crippen molar-refractivity contribution in [3.63, 3.8) is 0 Å². The third-order valence-electron chi connectivity index (χ3n) is 2.43. The van der Waals surface area contributed by atoms with Crippen LogP contribution in [0.4, 0.5) is 0 Å². The minimum absolute atomic E-state index is 0.258. The number of hydrogen-bond donors (Lipinski definition) is 1. The van der Waals surface area contributed by atoms with Crippen molar-refractivity contribution in [1.29, 1.82) is 0 Å². The van der Waals surface area contributed by atoms with Crippen molar-refractivity contribution in [3.8, 4) is 6.01 Å². The van der Waals surface area contributed by atoms with E-state index in [-0.39, 0.29) is 6.10 Å². The molecule has 1 saturated heterocycles. The van der Waals surface area contributed by atoms with Crippen LogP contribution in [0.25, 0.3) is 0 Å². The molecule has 0 aromatic carbocycles. The number of aryl methyl sites for hydroxylation is 1. The van der Waals surface area contributed by atoms with Gasteiger partial charge in [-0.2, -0.15) is 4.98 Å². The second-order valence-electron chi connectivity index (χ2n) is 3.82. The quantitative estimate of drug-likeness (QED) is 0.741. The maximum absolute atomic E-state index is 5.66. The molecular formula is C9H16N4O. The van der Waals surface area contributed by atoms with Crippen molar-refractivity contribution < 1.29 is 4.74 Å². The number of rotatable bonds is 2. The first-order chi connectivity index (χ1) is 6.74. The lowest BCUT2D eigenvalue weighted by atomic mass is 10.0. The predicted octanol–water partition coefficient (Wildman–Crippen LogP) is 0.334. The molecule has 2 unspecified atom stereocenters.